The van der Waals surface area contributed by atoms with Crippen molar-refractivity contribution < 1.29 is 9.53 Å². The SMILES string of the molecule is Cc1c(Cl)cccc1OCC(=O)N1CCNCC1c1nccn1C. The third kappa shape index (κ3) is 3.39. The molecule has 3 rings (SSSR count). The van der Waals surface area contributed by atoms with Crippen LogP contribution in [-0.4, -0.2) is 46.6 Å². The Balaban J connectivity index is 1.71. The average Bonchev–Trinajstić information content (AvgIpc) is 3.02. The second-order valence-electron chi connectivity index (χ2n) is 5.86. The second-order valence-corrected chi connectivity index (χ2v) is 6.26. The van der Waals surface area contributed by atoms with Crippen molar-refractivity contribution in [1.29, 1.82) is 0 Å². The van der Waals surface area contributed by atoms with Gasteiger partial charge in [-0.3, -0.25) is 4.79 Å². The van der Waals surface area contributed by atoms with E-state index in [4.69, 9.17) is 16.3 Å². The zero-order chi connectivity index (χ0) is 17.1. The first kappa shape index (κ1) is 16.8. The molecular weight excluding hydrogens is 328 g/mol. The molecule has 0 saturated carbocycles. The Morgan fingerprint density at radius 1 is 1.50 bits per heavy atom. The van der Waals surface area contributed by atoms with Gasteiger partial charge >= 0.3 is 0 Å². The predicted octanol–water partition coefficient (Wildman–Crippen LogP) is 1.93. The lowest BCUT2D eigenvalue weighted by atomic mass is 10.1. The van der Waals surface area contributed by atoms with Crippen LogP contribution in [0.2, 0.25) is 5.02 Å². The van der Waals surface area contributed by atoms with E-state index in [0.717, 1.165) is 17.9 Å². The quantitative estimate of drug-likeness (QED) is 0.917. The summed E-state index contributed by atoms with van der Waals surface area (Å²) < 4.78 is 7.65. The third-order valence-electron chi connectivity index (χ3n) is 4.29. The number of ether oxygens (including phenoxy) is 1. The third-order valence-corrected chi connectivity index (χ3v) is 4.70. The molecule has 0 aliphatic carbocycles. The summed E-state index contributed by atoms with van der Waals surface area (Å²) >= 11 is 6.09. The van der Waals surface area contributed by atoms with E-state index < -0.39 is 0 Å². The standard InChI is InChI=1S/C17H21ClN4O2/c1-12-13(18)4-3-5-15(12)24-11-16(23)22-9-6-19-10-14(22)17-20-7-8-21(17)2/h3-5,7-8,14,19H,6,9-11H2,1-2H3. The van der Waals surface area contributed by atoms with Gasteiger partial charge in [0, 0.05) is 49.7 Å². The summed E-state index contributed by atoms with van der Waals surface area (Å²) in [7, 11) is 1.94. The molecule has 1 aromatic heterocycles. The van der Waals surface area contributed by atoms with Gasteiger partial charge in [0.15, 0.2) is 6.61 Å². The molecule has 1 amide bonds. The first-order valence-corrected chi connectivity index (χ1v) is 8.31. The van der Waals surface area contributed by atoms with E-state index in [2.05, 4.69) is 10.3 Å². The minimum absolute atomic E-state index is 0.0118. The van der Waals surface area contributed by atoms with Crippen molar-refractivity contribution in [2.75, 3.05) is 26.2 Å². The number of hydrogen-bond acceptors (Lipinski definition) is 4. The van der Waals surface area contributed by atoms with Gasteiger partial charge < -0.3 is 19.5 Å². The van der Waals surface area contributed by atoms with E-state index in [9.17, 15) is 4.79 Å². The van der Waals surface area contributed by atoms with Gasteiger partial charge in [0.25, 0.3) is 5.91 Å². The number of piperazine rings is 1. The minimum Gasteiger partial charge on any atom is -0.483 e. The molecule has 1 aliphatic rings. The lowest BCUT2D eigenvalue weighted by Crippen LogP contribution is -2.50. The van der Waals surface area contributed by atoms with E-state index in [1.165, 1.54) is 0 Å². The number of carbonyl (C=O) groups excluding carboxylic acids is 1. The van der Waals surface area contributed by atoms with Crippen molar-refractivity contribution in [2.45, 2.75) is 13.0 Å². The van der Waals surface area contributed by atoms with Gasteiger partial charge in [0.05, 0.1) is 0 Å². The molecule has 6 nitrogen and oxygen atoms in total. The van der Waals surface area contributed by atoms with E-state index in [1.54, 1.807) is 12.3 Å². The normalized spacial score (nSPS) is 17.8. The zero-order valence-electron chi connectivity index (χ0n) is 13.8. The first-order chi connectivity index (χ1) is 11.6. The fraction of sp³-hybridized carbons (Fsp3) is 0.412. The minimum atomic E-state index is -0.0877. The van der Waals surface area contributed by atoms with Crippen molar-refractivity contribution in [3.05, 3.63) is 47.0 Å². The Kier molecular flexibility index (Phi) is 5.06. The molecule has 1 fully saturated rings. The molecule has 1 N–H and O–H groups in total. The number of rotatable bonds is 4. The highest BCUT2D eigenvalue weighted by molar-refractivity contribution is 6.31. The molecule has 1 saturated heterocycles. The maximum Gasteiger partial charge on any atom is 0.261 e. The van der Waals surface area contributed by atoms with E-state index in [0.29, 0.717) is 23.9 Å². The van der Waals surface area contributed by atoms with E-state index >= 15 is 0 Å². The van der Waals surface area contributed by atoms with Crippen molar-refractivity contribution in [2.24, 2.45) is 7.05 Å². The van der Waals surface area contributed by atoms with Crippen LogP contribution in [0.1, 0.15) is 17.4 Å². The summed E-state index contributed by atoms with van der Waals surface area (Å²) in [6.07, 6.45) is 3.64. The van der Waals surface area contributed by atoms with Crippen molar-refractivity contribution >= 4 is 17.5 Å². The van der Waals surface area contributed by atoms with E-state index in [-0.39, 0.29) is 18.6 Å². The Bertz CT molecular complexity index is 731. The molecule has 1 atom stereocenters. The van der Waals surface area contributed by atoms with Crippen LogP contribution in [0.4, 0.5) is 0 Å². The van der Waals surface area contributed by atoms with Gasteiger partial charge in [0.1, 0.15) is 17.6 Å². The van der Waals surface area contributed by atoms with Crippen LogP contribution in [0.15, 0.2) is 30.6 Å². The maximum atomic E-state index is 12.7. The summed E-state index contributed by atoms with van der Waals surface area (Å²) in [6.45, 7) is 3.95. The lowest BCUT2D eigenvalue weighted by molar-refractivity contribution is -0.137. The lowest BCUT2D eigenvalue weighted by Gasteiger charge is -2.35. The monoisotopic (exact) mass is 348 g/mol. The van der Waals surface area contributed by atoms with Crippen LogP contribution < -0.4 is 10.1 Å². The largest absolute Gasteiger partial charge is 0.483 e. The van der Waals surface area contributed by atoms with Gasteiger partial charge in [-0.05, 0) is 19.1 Å². The van der Waals surface area contributed by atoms with Crippen LogP contribution >= 0.6 is 11.6 Å². The molecule has 7 heteroatoms. The summed E-state index contributed by atoms with van der Waals surface area (Å²) in [5.41, 5.74) is 0.841. The summed E-state index contributed by atoms with van der Waals surface area (Å²) in [5.74, 6) is 1.46. The summed E-state index contributed by atoms with van der Waals surface area (Å²) in [6, 6.07) is 5.35. The number of benzene rings is 1. The molecule has 1 unspecified atom stereocenters. The predicted molar refractivity (Wildman–Crippen MR) is 92.2 cm³/mol. The first-order valence-electron chi connectivity index (χ1n) is 7.93. The highest BCUT2D eigenvalue weighted by Gasteiger charge is 2.30. The van der Waals surface area contributed by atoms with Gasteiger partial charge in [-0.2, -0.15) is 0 Å². The number of halogens is 1. The molecule has 2 heterocycles. The fourth-order valence-electron chi connectivity index (χ4n) is 2.90. The molecule has 2 aromatic rings. The van der Waals surface area contributed by atoms with Crippen LogP contribution in [0.3, 0.4) is 0 Å². The smallest absolute Gasteiger partial charge is 0.261 e. The molecule has 0 spiro atoms. The Morgan fingerprint density at radius 3 is 3.08 bits per heavy atom. The van der Waals surface area contributed by atoms with Crippen LogP contribution in [-0.2, 0) is 11.8 Å². The number of carbonyl (C=O) groups is 1. The second kappa shape index (κ2) is 7.23. The number of hydrogen-bond donors (Lipinski definition) is 1. The summed E-state index contributed by atoms with van der Waals surface area (Å²) in [5, 5.41) is 3.95. The molecular formula is C17H21ClN4O2. The fourth-order valence-corrected chi connectivity index (χ4v) is 3.06. The Hall–Kier alpha value is -2.05. The number of nitrogens with zero attached hydrogens (tertiary/aromatic N) is 3. The molecule has 24 heavy (non-hydrogen) atoms. The molecule has 0 bridgehead atoms. The van der Waals surface area contributed by atoms with E-state index in [1.807, 2.05) is 41.8 Å². The van der Waals surface area contributed by atoms with Gasteiger partial charge in [-0.25, -0.2) is 4.98 Å². The van der Waals surface area contributed by atoms with Gasteiger partial charge in [-0.15, -0.1) is 0 Å². The number of amides is 1. The van der Waals surface area contributed by atoms with Crippen LogP contribution in [0.25, 0.3) is 0 Å². The maximum absolute atomic E-state index is 12.7. The highest BCUT2D eigenvalue weighted by Crippen LogP contribution is 2.26. The van der Waals surface area contributed by atoms with Gasteiger partial charge in [-0.1, -0.05) is 17.7 Å². The van der Waals surface area contributed by atoms with Crippen molar-refractivity contribution in [3.63, 3.8) is 0 Å². The molecule has 1 aromatic carbocycles. The number of imidazole rings is 1. The Labute approximate surface area is 146 Å². The Morgan fingerprint density at radius 2 is 2.33 bits per heavy atom. The zero-order valence-corrected chi connectivity index (χ0v) is 14.6. The van der Waals surface area contributed by atoms with Gasteiger partial charge in [0.2, 0.25) is 0 Å². The molecule has 128 valence electrons. The number of aromatic nitrogens is 2. The average molecular weight is 349 g/mol. The van der Waals surface area contributed by atoms with Crippen molar-refractivity contribution in [3.8, 4) is 5.75 Å². The van der Waals surface area contributed by atoms with Crippen LogP contribution in [0.5, 0.6) is 5.75 Å². The molecule has 1 aliphatic heterocycles. The van der Waals surface area contributed by atoms with Crippen molar-refractivity contribution in [1.82, 2.24) is 19.8 Å². The molecule has 0 radical (unpaired) electrons. The highest BCUT2D eigenvalue weighted by atomic mass is 35.5. The topological polar surface area (TPSA) is 59.4 Å². The summed E-state index contributed by atoms with van der Waals surface area (Å²) in [4.78, 5) is 18.9. The van der Waals surface area contributed by atoms with Crippen LogP contribution in [0, 0.1) is 6.92 Å². The number of aryl methyl sites for hydroxylation is 1. The number of nitrogens with one attached hydrogen (secondary N) is 1.